The Morgan fingerprint density at radius 1 is 1.24 bits per heavy atom. The van der Waals surface area contributed by atoms with Crippen molar-refractivity contribution in [3.8, 4) is 11.8 Å². The summed E-state index contributed by atoms with van der Waals surface area (Å²) in [4.78, 5) is 0. The highest BCUT2D eigenvalue weighted by Gasteiger charge is 2.26. The van der Waals surface area contributed by atoms with Crippen molar-refractivity contribution in [2.75, 3.05) is 12.4 Å². The first-order valence-corrected chi connectivity index (χ1v) is 9.18. The number of ether oxygens (including phenoxy) is 1. The molecule has 0 unspecified atom stereocenters. The third-order valence-corrected chi connectivity index (χ3v) is 6.21. The van der Waals surface area contributed by atoms with Gasteiger partial charge in [-0.2, -0.15) is 5.26 Å². The highest BCUT2D eigenvalue weighted by molar-refractivity contribution is 7.92. The van der Waals surface area contributed by atoms with Crippen molar-refractivity contribution in [1.82, 2.24) is 0 Å². The molecule has 1 fully saturated rings. The Morgan fingerprint density at radius 3 is 2.71 bits per heavy atom. The number of nitrogens with zero attached hydrogens (tertiary/aromatic N) is 1. The molecule has 0 aromatic heterocycles. The second-order valence-corrected chi connectivity index (χ2v) is 7.87. The van der Waals surface area contributed by atoms with Gasteiger partial charge in [0.2, 0.25) is 0 Å². The summed E-state index contributed by atoms with van der Waals surface area (Å²) in [5, 5.41) is 8.65. The molecule has 0 radical (unpaired) electrons. The van der Waals surface area contributed by atoms with Crippen molar-refractivity contribution in [2.45, 2.75) is 43.8 Å². The number of hydrogen-bond donors (Lipinski definition) is 0. The van der Waals surface area contributed by atoms with E-state index in [2.05, 4.69) is 0 Å². The lowest BCUT2D eigenvalue weighted by atomic mass is 10.0. The van der Waals surface area contributed by atoms with E-state index < -0.39 is 9.84 Å². The molecule has 1 aromatic carbocycles. The standard InChI is InChI=1S/C16H21NO3S/c17-13-14-6-4-7-15(12-14)20-10-5-11-21(18,19)16-8-2-1-3-9-16/h4,6-7,12,16H,1-3,5,8-11H2. The zero-order valence-electron chi connectivity index (χ0n) is 12.1. The predicted octanol–water partition coefficient (Wildman–Crippen LogP) is 3.07. The Labute approximate surface area is 126 Å². The van der Waals surface area contributed by atoms with E-state index in [1.807, 2.05) is 6.07 Å². The predicted molar refractivity (Wildman–Crippen MR) is 81.9 cm³/mol. The molecule has 21 heavy (non-hydrogen) atoms. The van der Waals surface area contributed by atoms with Crippen molar-refractivity contribution in [3.05, 3.63) is 29.8 Å². The van der Waals surface area contributed by atoms with Gasteiger partial charge in [0, 0.05) is 0 Å². The summed E-state index contributed by atoms with van der Waals surface area (Å²) in [7, 11) is -2.98. The number of benzene rings is 1. The summed E-state index contributed by atoms with van der Waals surface area (Å²) >= 11 is 0. The van der Waals surface area contributed by atoms with Crippen LogP contribution in [0.1, 0.15) is 44.1 Å². The van der Waals surface area contributed by atoms with Crippen LogP contribution in [0.25, 0.3) is 0 Å². The van der Waals surface area contributed by atoms with Gasteiger partial charge in [-0.05, 0) is 37.5 Å². The van der Waals surface area contributed by atoms with E-state index in [0.717, 1.165) is 32.1 Å². The Kier molecular flexibility index (Phi) is 5.63. The molecule has 0 spiro atoms. The molecule has 114 valence electrons. The van der Waals surface area contributed by atoms with Crippen LogP contribution in [0.3, 0.4) is 0 Å². The lowest BCUT2D eigenvalue weighted by Gasteiger charge is -2.21. The topological polar surface area (TPSA) is 67.2 Å². The first-order valence-electron chi connectivity index (χ1n) is 7.46. The molecule has 1 aliphatic rings. The number of sulfone groups is 1. The largest absolute Gasteiger partial charge is 0.494 e. The van der Waals surface area contributed by atoms with Gasteiger partial charge in [0.1, 0.15) is 5.75 Å². The maximum atomic E-state index is 12.2. The number of rotatable bonds is 6. The second kappa shape index (κ2) is 7.46. The number of nitriles is 1. The van der Waals surface area contributed by atoms with Crippen LogP contribution >= 0.6 is 0 Å². The van der Waals surface area contributed by atoms with Crippen LogP contribution in [0, 0.1) is 11.3 Å². The van der Waals surface area contributed by atoms with Crippen LogP contribution in [-0.2, 0) is 9.84 Å². The first-order chi connectivity index (χ1) is 10.1. The zero-order chi connectivity index (χ0) is 15.1. The fraction of sp³-hybridized carbons (Fsp3) is 0.562. The molecule has 0 bridgehead atoms. The molecular weight excluding hydrogens is 286 g/mol. The van der Waals surface area contributed by atoms with E-state index in [1.54, 1.807) is 24.3 Å². The molecule has 5 heteroatoms. The quantitative estimate of drug-likeness (QED) is 0.757. The van der Waals surface area contributed by atoms with Crippen LogP contribution in [0.2, 0.25) is 0 Å². The molecule has 4 nitrogen and oxygen atoms in total. The molecule has 1 aliphatic carbocycles. The molecule has 0 heterocycles. The summed E-state index contributed by atoms with van der Waals surface area (Å²) in [6.07, 6.45) is 5.34. The van der Waals surface area contributed by atoms with E-state index in [1.165, 1.54) is 0 Å². The van der Waals surface area contributed by atoms with Gasteiger partial charge in [0.05, 0.1) is 29.2 Å². The lowest BCUT2D eigenvalue weighted by molar-refractivity contribution is 0.317. The summed E-state index contributed by atoms with van der Waals surface area (Å²) in [5.74, 6) is 0.805. The molecule has 1 saturated carbocycles. The molecule has 0 aliphatic heterocycles. The molecular formula is C16H21NO3S. The van der Waals surface area contributed by atoms with Crippen LogP contribution < -0.4 is 4.74 Å². The zero-order valence-corrected chi connectivity index (χ0v) is 12.9. The molecule has 0 N–H and O–H groups in total. The van der Waals surface area contributed by atoms with Crippen molar-refractivity contribution < 1.29 is 13.2 Å². The van der Waals surface area contributed by atoms with Crippen LogP contribution in [0.4, 0.5) is 0 Å². The fourth-order valence-electron chi connectivity index (χ4n) is 2.70. The highest BCUT2D eigenvalue weighted by atomic mass is 32.2. The van der Waals surface area contributed by atoms with Crippen molar-refractivity contribution in [3.63, 3.8) is 0 Å². The van der Waals surface area contributed by atoms with Gasteiger partial charge >= 0.3 is 0 Å². The summed E-state index contributed by atoms with van der Waals surface area (Å²) in [6.45, 7) is 0.362. The van der Waals surface area contributed by atoms with Gasteiger partial charge in [-0.3, -0.25) is 0 Å². The van der Waals surface area contributed by atoms with Gasteiger partial charge in [-0.25, -0.2) is 8.42 Å². The number of hydrogen-bond acceptors (Lipinski definition) is 4. The average molecular weight is 307 g/mol. The van der Waals surface area contributed by atoms with Crippen molar-refractivity contribution in [1.29, 1.82) is 5.26 Å². The minimum atomic E-state index is -2.98. The van der Waals surface area contributed by atoms with Gasteiger partial charge in [-0.1, -0.05) is 25.3 Å². The minimum absolute atomic E-state index is 0.145. The normalized spacial score (nSPS) is 16.3. The van der Waals surface area contributed by atoms with Gasteiger partial charge < -0.3 is 4.74 Å². The Balaban J connectivity index is 1.77. The van der Waals surface area contributed by atoms with E-state index in [4.69, 9.17) is 10.00 Å². The fourth-order valence-corrected chi connectivity index (χ4v) is 4.60. The highest BCUT2D eigenvalue weighted by Crippen LogP contribution is 2.24. The molecule has 0 saturated heterocycles. The van der Waals surface area contributed by atoms with Crippen LogP contribution in [0.15, 0.2) is 24.3 Å². The smallest absolute Gasteiger partial charge is 0.153 e. The third-order valence-electron chi connectivity index (χ3n) is 3.87. The van der Waals surface area contributed by atoms with Crippen LogP contribution in [0.5, 0.6) is 5.75 Å². The Hall–Kier alpha value is -1.54. The maximum absolute atomic E-state index is 12.2. The molecule has 1 aromatic rings. The average Bonchev–Trinajstić information content (AvgIpc) is 2.53. The monoisotopic (exact) mass is 307 g/mol. The minimum Gasteiger partial charge on any atom is -0.494 e. The van der Waals surface area contributed by atoms with E-state index >= 15 is 0 Å². The third kappa shape index (κ3) is 4.75. The summed E-state index contributed by atoms with van der Waals surface area (Å²) in [6, 6.07) is 8.95. The SMILES string of the molecule is N#Cc1cccc(OCCCS(=O)(=O)C2CCCCC2)c1. The van der Waals surface area contributed by atoms with Crippen molar-refractivity contribution >= 4 is 9.84 Å². The molecule has 0 atom stereocenters. The van der Waals surface area contributed by atoms with Gasteiger partial charge in [0.25, 0.3) is 0 Å². The van der Waals surface area contributed by atoms with Gasteiger partial charge in [0.15, 0.2) is 9.84 Å². The first kappa shape index (κ1) is 15.8. The second-order valence-electron chi connectivity index (χ2n) is 5.47. The Bertz CT molecular complexity index is 598. The van der Waals surface area contributed by atoms with E-state index in [0.29, 0.717) is 24.3 Å². The Morgan fingerprint density at radius 2 is 2.00 bits per heavy atom. The lowest BCUT2D eigenvalue weighted by Crippen LogP contribution is -2.27. The molecule has 2 rings (SSSR count). The molecule has 0 amide bonds. The van der Waals surface area contributed by atoms with Crippen LogP contribution in [-0.4, -0.2) is 26.0 Å². The summed E-state index contributed by atoms with van der Waals surface area (Å²) in [5.41, 5.74) is 0.544. The van der Waals surface area contributed by atoms with E-state index in [9.17, 15) is 8.42 Å². The van der Waals surface area contributed by atoms with E-state index in [-0.39, 0.29) is 11.0 Å². The van der Waals surface area contributed by atoms with Crippen molar-refractivity contribution in [2.24, 2.45) is 0 Å². The van der Waals surface area contributed by atoms with Gasteiger partial charge in [-0.15, -0.1) is 0 Å². The summed E-state index contributed by atoms with van der Waals surface area (Å²) < 4.78 is 29.9. The maximum Gasteiger partial charge on any atom is 0.153 e.